The Morgan fingerprint density at radius 1 is 1.04 bits per heavy atom. The van der Waals surface area contributed by atoms with E-state index in [0.717, 1.165) is 23.4 Å². The summed E-state index contributed by atoms with van der Waals surface area (Å²) in [6, 6.07) is 16.2. The molecule has 142 valence electrons. The minimum atomic E-state index is -0.0926. The van der Waals surface area contributed by atoms with Crippen LogP contribution < -0.4 is 10.1 Å². The Kier molecular flexibility index (Phi) is 7.05. The summed E-state index contributed by atoms with van der Waals surface area (Å²) in [7, 11) is 0. The predicted octanol–water partition coefficient (Wildman–Crippen LogP) is 4.01. The van der Waals surface area contributed by atoms with E-state index >= 15 is 0 Å². The fourth-order valence-electron chi connectivity index (χ4n) is 3.22. The molecular formula is C23H28N2O2. The lowest BCUT2D eigenvalue weighted by Crippen LogP contribution is -2.20. The zero-order valence-corrected chi connectivity index (χ0v) is 16.0. The van der Waals surface area contributed by atoms with Crippen molar-refractivity contribution in [2.24, 2.45) is 0 Å². The molecule has 4 heteroatoms. The van der Waals surface area contributed by atoms with E-state index in [1.54, 1.807) is 6.08 Å². The van der Waals surface area contributed by atoms with E-state index < -0.39 is 0 Å². The molecule has 0 aliphatic carbocycles. The number of nitrogens with one attached hydrogen (secondary N) is 1. The standard InChI is InChI=1S/C23H28N2O2/c1-2-27-22-12-9-19(10-13-22)11-14-23(26)24-17-20-5-7-21(8-6-20)18-25-15-3-4-16-25/h5-14H,2-4,15-18H2,1H3,(H,24,26)/b14-11+. The van der Waals surface area contributed by atoms with E-state index in [1.165, 1.54) is 31.5 Å². The number of benzene rings is 2. The van der Waals surface area contributed by atoms with Gasteiger partial charge < -0.3 is 10.1 Å². The average molecular weight is 364 g/mol. The highest BCUT2D eigenvalue weighted by Crippen LogP contribution is 2.14. The summed E-state index contributed by atoms with van der Waals surface area (Å²) in [5.41, 5.74) is 3.42. The van der Waals surface area contributed by atoms with Gasteiger partial charge in [-0.05, 0) is 67.8 Å². The van der Waals surface area contributed by atoms with Gasteiger partial charge in [-0.25, -0.2) is 0 Å². The van der Waals surface area contributed by atoms with Gasteiger partial charge in [-0.1, -0.05) is 36.4 Å². The molecule has 27 heavy (non-hydrogen) atoms. The maximum Gasteiger partial charge on any atom is 0.244 e. The molecule has 0 spiro atoms. The van der Waals surface area contributed by atoms with Crippen LogP contribution in [-0.2, 0) is 17.9 Å². The molecule has 0 radical (unpaired) electrons. The lowest BCUT2D eigenvalue weighted by Gasteiger charge is -2.14. The van der Waals surface area contributed by atoms with Crippen LogP contribution in [0.5, 0.6) is 5.75 Å². The molecule has 1 heterocycles. The van der Waals surface area contributed by atoms with E-state index in [2.05, 4.69) is 34.5 Å². The molecule has 1 fully saturated rings. The molecule has 0 bridgehead atoms. The van der Waals surface area contributed by atoms with Crippen molar-refractivity contribution in [2.75, 3.05) is 19.7 Å². The summed E-state index contributed by atoms with van der Waals surface area (Å²) in [4.78, 5) is 14.5. The summed E-state index contributed by atoms with van der Waals surface area (Å²) in [6.45, 7) is 6.58. The number of ether oxygens (including phenoxy) is 1. The number of amides is 1. The summed E-state index contributed by atoms with van der Waals surface area (Å²) in [6.07, 6.45) is 6.00. The average Bonchev–Trinajstić information content (AvgIpc) is 3.20. The second-order valence-electron chi connectivity index (χ2n) is 6.85. The first kappa shape index (κ1) is 19.2. The molecule has 1 aliphatic heterocycles. The highest BCUT2D eigenvalue weighted by molar-refractivity contribution is 5.91. The predicted molar refractivity (Wildman–Crippen MR) is 109 cm³/mol. The fourth-order valence-corrected chi connectivity index (χ4v) is 3.22. The normalized spacial score (nSPS) is 14.6. The molecule has 0 unspecified atom stereocenters. The van der Waals surface area contributed by atoms with Crippen molar-refractivity contribution in [1.29, 1.82) is 0 Å². The maximum absolute atomic E-state index is 12.0. The van der Waals surface area contributed by atoms with Gasteiger partial charge in [0.1, 0.15) is 5.75 Å². The first-order valence-corrected chi connectivity index (χ1v) is 9.72. The monoisotopic (exact) mass is 364 g/mol. The largest absolute Gasteiger partial charge is 0.494 e. The van der Waals surface area contributed by atoms with E-state index in [4.69, 9.17) is 4.74 Å². The van der Waals surface area contributed by atoms with Crippen LogP contribution in [0.15, 0.2) is 54.6 Å². The van der Waals surface area contributed by atoms with Crippen molar-refractivity contribution >= 4 is 12.0 Å². The summed E-state index contributed by atoms with van der Waals surface area (Å²) >= 11 is 0. The minimum absolute atomic E-state index is 0.0926. The number of carbonyl (C=O) groups is 1. The topological polar surface area (TPSA) is 41.6 Å². The molecule has 3 rings (SSSR count). The van der Waals surface area contributed by atoms with Crippen molar-refractivity contribution < 1.29 is 9.53 Å². The summed E-state index contributed by atoms with van der Waals surface area (Å²) in [5, 5.41) is 2.93. The van der Waals surface area contributed by atoms with Crippen LogP contribution in [-0.4, -0.2) is 30.5 Å². The van der Waals surface area contributed by atoms with Crippen LogP contribution in [0.4, 0.5) is 0 Å². The molecule has 0 aromatic heterocycles. The first-order valence-electron chi connectivity index (χ1n) is 9.72. The third-order valence-corrected chi connectivity index (χ3v) is 4.71. The second-order valence-corrected chi connectivity index (χ2v) is 6.85. The Hall–Kier alpha value is -2.59. The molecule has 2 aromatic carbocycles. The SMILES string of the molecule is CCOc1ccc(/C=C/C(=O)NCc2ccc(CN3CCCC3)cc2)cc1. The van der Waals surface area contributed by atoms with Crippen LogP contribution in [0.1, 0.15) is 36.5 Å². The van der Waals surface area contributed by atoms with Crippen molar-refractivity contribution in [1.82, 2.24) is 10.2 Å². The molecule has 0 saturated carbocycles. The van der Waals surface area contributed by atoms with Crippen molar-refractivity contribution in [3.63, 3.8) is 0 Å². The van der Waals surface area contributed by atoms with E-state index in [0.29, 0.717) is 13.2 Å². The third kappa shape index (κ3) is 6.26. The number of nitrogens with zero attached hydrogens (tertiary/aromatic N) is 1. The van der Waals surface area contributed by atoms with Crippen molar-refractivity contribution in [3.05, 3.63) is 71.3 Å². The van der Waals surface area contributed by atoms with Gasteiger partial charge in [0.05, 0.1) is 6.61 Å². The molecule has 1 aliphatic rings. The molecule has 1 N–H and O–H groups in total. The Morgan fingerprint density at radius 2 is 1.70 bits per heavy atom. The van der Waals surface area contributed by atoms with Gasteiger partial charge in [0, 0.05) is 19.2 Å². The highest BCUT2D eigenvalue weighted by atomic mass is 16.5. The molecule has 0 atom stereocenters. The lowest BCUT2D eigenvalue weighted by molar-refractivity contribution is -0.116. The number of rotatable bonds is 8. The third-order valence-electron chi connectivity index (χ3n) is 4.71. The second kappa shape index (κ2) is 9.93. The molecular weight excluding hydrogens is 336 g/mol. The smallest absolute Gasteiger partial charge is 0.244 e. The number of hydrogen-bond donors (Lipinski definition) is 1. The first-order chi connectivity index (χ1) is 13.2. The van der Waals surface area contributed by atoms with Gasteiger partial charge in [0.15, 0.2) is 0 Å². The maximum atomic E-state index is 12.0. The number of carbonyl (C=O) groups excluding carboxylic acids is 1. The van der Waals surface area contributed by atoms with E-state index in [-0.39, 0.29) is 5.91 Å². The summed E-state index contributed by atoms with van der Waals surface area (Å²) in [5.74, 6) is 0.748. The van der Waals surface area contributed by atoms with Crippen molar-refractivity contribution in [3.8, 4) is 5.75 Å². The number of hydrogen-bond acceptors (Lipinski definition) is 3. The Labute approximate surface area is 161 Å². The molecule has 2 aromatic rings. The fraction of sp³-hybridized carbons (Fsp3) is 0.348. The Morgan fingerprint density at radius 3 is 2.37 bits per heavy atom. The minimum Gasteiger partial charge on any atom is -0.494 e. The zero-order valence-electron chi connectivity index (χ0n) is 16.0. The van der Waals surface area contributed by atoms with Crippen molar-refractivity contribution in [2.45, 2.75) is 32.9 Å². The Balaban J connectivity index is 1.44. The highest BCUT2D eigenvalue weighted by Gasteiger charge is 2.11. The van der Waals surface area contributed by atoms with Gasteiger partial charge in [0.2, 0.25) is 5.91 Å². The zero-order chi connectivity index (χ0) is 18.9. The summed E-state index contributed by atoms with van der Waals surface area (Å²) < 4.78 is 5.41. The van der Waals surface area contributed by atoms with Crippen LogP contribution in [0, 0.1) is 0 Å². The van der Waals surface area contributed by atoms with Gasteiger partial charge in [-0.3, -0.25) is 9.69 Å². The van der Waals surface area contributed by atoms with Crippen LogP contribution >= 0.6 is 0 Å². The molecule has 1 amide bonds. The lowest BCUT2D eigenvalue weighted by atomic mass is 10.1. The van der Waals surface area contributed by atoms with Gasteiger partial charge >= 0.3 is 0 Å². The quantitative estimate of drug-likeness (QED) is 0.720. The van der Waals surface area contributed by atoms with Crippen LogP contribution in [0.2, 0.25) is 0 Å². The number of likely N-dealkylation sites (tertiary alicyclic amines) is 1. The van der Waals surface area contributed by atoms with Gasteiger partial charge in [-0.2, -0.15) is 0 Å². The molecule has 4 nitrogen and oxygen atoms in total. The van der Waals surface area contributed by atoms with Crippen LogP contribution in [0.25, 0.3) is 6.08 Å². The molecule has 1 saturated heterocycles. The van der Waals surface area contributed by atoms with E-state index in [1.807, 2.05) is 37.3 Å². The Bertz CT molecular complexity index is 745. The van der Waals surface area contributed by atoms with Crippen LogP contribution in [0.3, 0.4) is 0 Å². The van der Waals surface area contributed by atoms with E-state index in [9.17, 15) is 4.79 Å². The van der Waals surface area contributed by atoms with Gasteiger partial charge in [-0.15, -0.1) is 0 Å². The van der Waals surface area contributed by atoms with Gasteiger partial charge in [0.25, 0.3) is 0 Å².